The highest BCUT2D eigenvalue weighted by Gasteiger charge is 2.44. The number of benzene rings is 1. The molecule has 0 spiro atoms. The van der Waals surface area contributed by atoms with E-state index in [1.165, 1.54) is 0 Å². The number of allylic oxidation sites excluding steroid dienone is 1. The molecule has 1 aromatic carbocycles. The molecule has 0 saturated heterocycles. The van der Waals surface area contributed by atoms with Crippen molar-refractivity contribution in [1.29, 1.82) is 5.26 Å². The maximum absolute atomic E-state index is 12.2. The van der Waals surface area contributed by atoms with Crippen LogP contribution in [-0.4, -0.2) is 18.5 Å². The molecular formula is C15H13ClN2O3S. The maximum Gasteiger partial charge on any atom is 0.319 e. The fraction of sp³-hybridized carbons (Fsp3) is 0.267. The van der Waals surface area contributed by atoms with Crippen molar-refractivity contribution in [3.05, 3.63) is 45.5 Å². The third-order valence-corrected chi connectivity index (χ3v) is 4.02. The second kappa shape index (κ2) is 6.86. The molecule has 7 heteroatoms. The molecule has 0 aromatic heterocycles. The van der Waals surface area contributed by atoms with Crippen LogP contribution in [0.3, 0.4) is 0 Å². The number of hydrogen-bond acceptors (Lipinski definition) is 5. The largest absolute Gasteiger partial charge is 0.465 e. The molecule has 5 nitrogen and oxygen atoms in total. The average Bonchev–Trinajstić information content (AvgIpc) is 2.47. The summed E-state index contributed by atoms with van der Waals surface area (Å²) in [6, 6.07) is 8.77. The van der Waals surface area contributed by atoms with Crippen molar-refractivity contribution in [1.82, 2.24) is 5.32 Å². The lowest BCUT2D eigenvalue weighted by Crippen LogP contribution is -2.44. The maximum atomic E-state index is 12.2. The lowest BCUT2D eigenvalue weighted by Gasteiger charge is -2.30. The van der Waals surface area contributed by atoms with Crippen molar-refractivity contribution >= 4 is 36.1 Å². The summed E-state index contributed by atoms with van der Waals surface area (Å²) in [5.41, 5.74) is 0.689. The topological polar surface area (TPSA) is 79.2 Å². The first kappa shape index (κ1) is 16.4. The van der Waals surface area contributed by atoms with Gasteiger partial charge in [-0.1, -0.05) is 29.8 Å². The molecule has 0 unspecified atom stereocenters. The van der Waals surface area contributed by atoms with Gasteiger partial charge in [0.05, 0.1) is 23.3 Å². The highest BCUT2D eigenvalue weighted by atomic mass is 35.5. The lowest BCUT2D eigenvalue weighted by atomic mass is 9.78. The monoisotopic (exact) mass is 336 g/mol. The molecule has 1 aromatic rings. The molecule has 2 rings (SSSR count). The number of nitrogens with one attached hydrogen (secondary N) is 1. The number of ether oxygens (including phenoxy) is 1. The Balaban J connectivity index is 2.61. The SMILES string of the molecule is CCOC(=O)[C@@H]1C(=O)NC(S)=C(C#N)[C@H]1c1ccccc1Cl. The van der Waals surface area contributed by atoms with Gasteiger partial charge in [0.25, 0.3) is 0 Å². The zero-order valence-corrected chi connectivity index (χ0v) is 13.3. The van der Waals surface area contributed by atoms with E-state index in [1.807, 2.05) is 6.07 Å². The number of carbonyl (C=O) groups is 2. The van der Waals surface area contributed by atoms with Crippen LogP contribution in [-0.2, 0) is 14.3 Å². The predicted octanol–water partition coefficient (Wildman–Crippen LogP) is 2.40. The van der Waals surface area contributed by atoms with Crippen molar-refractivity contribution in [2.75, 3.05) is 6.61 Å². The van der Waals surface area contributed by atoms with Crippen LogP contribution in [0.5, 0.6) is 0 Å². The van der Waals surface area contributed by atoms with Gasteiger partial charge < -0.3 is 10.1 Å². The zero-order chi connectivity index (χ0) is 16.3. The van der Waals surface area contributed by atoms with Gasteiger partial charge in [0, 0.05) is 10.9 Å². The van der Waals surface area contributed by atoms with Gasteiger partial charge >= 0.3 is 5.97 Å². The fourth-order valence-electron chi connectivity index (χ4n) is 2.39. The van der Waals surface area contributed by atoms with Gasteiger partial charge in [-0.05, 0) is 18.6 Å². The minimum absolute atomic E-state index is 0.123. The molecule has 0 aliphatic carbocycles. The summed E-state index contributed by atoms with van der Waals surface area (Å²) in [4.78, 5) is 24.4. The molecule has 114 valence electrons. The minimum atomic E-state index is -1.18. The Bertz CT molecular complexity index is 696. The van der Waals surface area contributed by atoms with Gasteiger partial charge in [-0.15, -0.1) is 12.6 Å². The minimum Gasteiger partial charge on any atom is -0.465 e. The summed E-state index contributed by atoms with van der Waals surface area (Å²) in [6.45, 7) is 1.78. The summed E-state index contributed by atoms with van der Waals surface area (Å²) in [7, 11) is 0. The van der Waals surface area contributed by atoms with Gasteiger partial charge in [-0.3, -0.25) is 9.59 Å². The number of hydrogen-bond donors (Lipinski definition) is 2. The first-order valence-electron chi connectivity index (χ1n) is 6.56. The molecule has 1 aliphatic rings. The van der Waals surface area contributed by atoms with Crippen molar-refractivity contribution in [2.45, 2.75) is 12.8 Å². The predicted molar refractivity (Wildman–Crippen MR) is 84.1 cm³/mol. The van der Waals surface area contributed by atoms with Crippen molar-refractivity contribution < 1.29 is 14.3 Å². The molecule has 1 amide bonds. The van der Waals surface area contributed by atoms with Gasteiger partial charge in [0.1, 0.15) is 5.92 Å². The molecule has 0 bridgehead atoms. The molecule has 1 aliphatic heterocycles. The summed E-state index contributed by atoms with van der Waals surface area (Å²) in [6.07, 6.45) is 0. The molecule has 0 fully saturated rings. The van der Waals surface area contributed by atoms with Crippen molar-refractivity contribution in [3.63, 3.8) is 0 Å². The molecule has 1 N–H and O–H groups in total. The number of halogens is 1. The Morgan fingerprint density at radius 3 is 2.77 bits per heavy atom. The Morgan fingerprint density at radius 2 is 2.18 bits per heavy atom. The van der Waals surface area contributed by atoms with E-state index in [1.54, 1.807) is 31.2 Å². The second-order valence-corrected chi connectivity index (χ2v) is 5.45. The molecular weight excluding hydrogens is 324 g/mol. The Morgan fingerprint density at radius 1 is 1.50 bits per heavy atom. The lowest BCUT2D eigenvalue weighted by molar-refractivity contribution is -0.152. The molecule has 22 heavy (non-hydrogen) atoms. The zero-order valence-electron chi connectivity index (χ0n) is 11.7. The van der Waals surface area contributed by atoms with E-state index in [0.29, 0.717) is 10.6 Å². The van der Waals surface area contributed by atoms with Gasteiger partial charge in [0.15, 0.2) is 0 Å². The summed E-state index contributed by atoms with van der Waals surface area (Å²) in [5, 5.41) is 12.3. The van der Waals surface area contributed by atoms with E-state index in [2.05, 4.69) is 17.9 Å². The van der Waals surface area contributed by atoms with E-state index in [9.17, 15) is 14.9 Å². The van der Waals surface area contributed by atoms with Crippen molar-refractivity contribution in [3.8, 4) is 6.07 Å². The van der Waals surface area contributed by atoms with Crippen LogP contribution < -0.4 is 5.32 Å². The molecule has 2 atom stereocenters. The van der Waals surface area contributed by atoms with E-state index >= 15 is 0 Å². The third kappa shape index (κ3) is 2.96. The Hall–Kier alpha value is -1.97. The van der Waals surface area contributed by atoms with Gasteiger partial charge in [-0.25, -0.2) is 0 Å². The highest BCUT2D eigenvalue weighted by molar-refractivity contribution is 7.84. The first-order valence-corrected chi connectivity index (χ1v) is 7.38. The van der Waals surface area contributed by atoms with Gasteiger partial charge in [0.2, 0.25) is 5.91 Å². The number of rotatable bonds is 3. The quantitative estimate of drug-likeness (QED) is 0.504. The highest BCUT2D eigenvalue weighted by Crippen LogP contribution is 2.40. The number of nitriles is 1. The van der Waals surface area contributed by atoms with Gasteiger partial charge in [-0.2, -0.15) is 5.26 Å². The molecule has 0 saturated carbocycles. The van der Waals surface area contributed by atoms with E-state index < -0.39 is 23.7 Å². The standard InChI is InChI=1S/C15H13ClN2O3S/c1-2-21-15(20)12-11(8-5-3-4-6-10(8)16)9(7-17)14(22)18-13(12)19/h3-6,11-12,22H,2H2,1H3,(H,18,19)/t11-,12+/m1/s1. The normalized spacial score (nSPS) is 21.1. The smallest absolute Gasteiger partial charge is 0.319 e. The Kier molecular flexibility index (Phi) is 5.11. The number of esters is 1. The number of carbonyl (C=O) groups excluding carboxylic acids is 2. The third-order valence-electron chi connectivity index (χ3n) is 3.32. The summed E-state index contributed by atoms with van der Waals surface area (Å²) >= 11 is 10.3. The fourth-order valence-corrected chi connectivity index (χ4v) is 2.94. The van der Waals surface area contributed by atoms with E-state index in [-0.39, 0.29) is 17.2 Å². The van der Waals surface area contributed by atoms with Crippen LogP contribution in [0.15, 0.2) is 34.9 Å². The second-order valence-electron chi connectivity index (χ2n) is 4.59. The molecule has 0 radical (unpaired) electrons. The number of thiol groups is 1. The van der Waals surface area contributed by atoms with Crippen LogP contribution >= 0.6 is 24.2 Å². The average molecular weight is 337 g/mol. The van der Waals surface area contributed by atoms with Crippen LogP contribution in [0.25, 0.3) is 0 Å². The first-order chi connectivity index (χ1) is 10.5. The van der Waals surface area contributed by atoms with E-state index in [0.717, 1.165) is 0 Å². The Labute approximate surface area is 138 Å². The van der Waals surface area contributed by atoms with Crippen LogP contribution in [0, 0.1) is 17.2 Å². The molecule has 1 heterocycles. The number of nitrogens with zero attached hydrogens (tertiary/aromatic N) is 1. The summed E-state index contributed by atoms with van der Waals surface area (Å²) in [5.74, 6) is -3.25. The van der Waals surface area contributed by atoms with E-state index in [4.69, 9.17) is 16.3 Å². The van der Waals surface area contributed by atoms with Crippen LogP contribution in [0.2, 0.25) is 5.02 Å². The van der Waals surface area contributed by atoms with Crippen molar-refractivity contribution in [2.24, 2.45) is 5.92 Å². The summed E-state index contributed by atoms with van der Waals surface area (Å²) < 4.78 is 4.97. The number of amides is 1. The van der Waals surface area contributed by atoms with Crippen LogP contribution in [0.4, 0.5) is 0 Å². The van der Waals surface area contributed by atoms with Crippen LogP contribution in [0.1, 0.15) is 18.4 Å².